The van der Waals surface area contributed by atoms with E-state index in [4.69, 9.17) is 9.47 Å². The van der Waals surface area contributed by atoms with Gasteiger partial charge < -0.3 is 29.7 Å². The predicted molar refractivity (Wildman–Crippen MR) is 157 cm³/mol. The summed E-state index contributed by atoms with van der Waals surface area (Å²) < 4.78 is 12.1. The second kappa shape index (κ2) is 15.1. The molecule has 2 aliphatic heterocycles. The van der Waals surface area contributed by atoms with E-state index in [1.807, 2.05) is 25.1 Å². The molecule has 0 unspecified atom stereocenters. The van der Waals surface area contributed by atoms with Gasteiger partial charge in [-0.15, -0.1) is 0 Å². The molecule has 2 N–H and O–H groups in total. The van der Waals surface area contributed by atoms with E-state index in [-0.39, 0.29) is 42.9 Å². The zero-order valence-electron chi connectivity index (χ0n) is 24.8. The van der Waals surface area contributed by atoms with Crippen molar-refractivity contribution in [3.05, 3.63) is 23.8 Å². The van der Waals surface area contributed by atoms with Crippen molar-refractivity contribution >= 4 is 17.5 Å². The fraction of sp³-hybridized carbons (Fsp3) is 0.742. The Morgan fingerprint density at radius 3 is 2.65 bits per heavy atom. The Kier molecular flexibility index (Phi) is 11.6. The molecule has 9 nitrogen and oxygen atoms in total. The Bertz CT molecular complexity index is 963. The van der Waals surface area contributed by atoms with E-state index in [2.05, 4.69) is 29.1 Å². The molecular formula is C31H50N4O5. The molecule has 0 radical (unpaired) electrons. The van der Waals surface area contributed by atoms with Gasteiger partial charge in [0.2, 0.25) is 11.8 Å². The highest BCUT2D eigenvalue weighted by Crippen LogP contribution is 2.30. The van der Waals surface area contributed by atoms with Crippen LogP contribution < -0.4 is 10.1 Å². The SMILES string of the molecule is C[C@@H]1CN([C@@H](C)CO)C(=O)Cc2cc(NC(=O)CCN3CCOCC3)ccc2O[C@@H]1CN(C)CC1CCCCC1. The normalized spacial score (nSPS) is 24.0. The van der Waals surface area contributed by atoms with Gasteiger partial charge in [-0.3, -0.25) is 14.5 Å². The molecule has 2 heterocycles. The quantitative estimate of drug-likeness (QED) is 0.456. The number of aliphatic hydroxyl groups excluding tert-OH is 1. The van der Waals surface area contributed by atoms with Crippen LogP contribution in [0.5, 0.6) is 5.75 Å². The van der Waals surface area contributed by atoms with Crippen LogP contribution >= 0.6 is 0 Å². The number of hydrogen-bond donors (Lipinski definition) is 2. The first-order valence-corrected chi connectivity index (χ1v) is 15.3. The van der Waals surface area contributed by atoms with Crippen LogP contribution in [0.15, 0.2) is 18.2 Å². The maximum Gasteiger partial charge on any atom is 0.227 e. The van der Waals surface area contributed by atoms with Crippen molar-refractivity contribution in [2.75, 3.05) is 71.5 Å². The first-order chi connectivity index (χ1) is 19.3. The van der Waals surface area contributed by atoms with Crippen molar-refractivity contribution in [1.82, 2.24) is 14.7 Å². The number of carbonyl (C=O) groups excluding carboxylic acids is 2. The fourth-order valence-electron chi connectivity index (χ4n) is 6.23. The van der Waals surface area contributed by atoms with Gasteiger partial charge in [-0.1, -0.05) is 26.2 Å². The predicted octanol–water partition coefficient (Wildman–Crippen LogP) is 3.01. The van der Waals surface area contributed by atoms with Crippen LogP contribution in [-0.2, 0) is 20.7 Å². The molecule has 2 amide bonds. The molecule has 3 atom stereocenters. The second-order valence-electron chi connectivity index (χ2n) is 12.2. The molecule has 1 aromatic carbocycles. The summed E-state index contributed by atoms with van der Waals surface area (Å²) in [5.74, 6) is 1.43. The number of fused-ring (bicyclic) bond motifs is 1. The lowest BCUT2D eigenvalue weighted by atomic mass is 9.89. The van der Waals surface area contributed by atoms with Gasteiger partial charge in [0.1, 0.15) is 11.9 Å². The maximum absolute atomic E-state index is 13.5. The van der Waals surface area contributed by atoms with Crippen LogP contribution in [0, 0.1) is 11.8 Å². The highest BCUT2D eigenvalue weighted by molar-refractivity contribution is 5.91. The number of hydrogen-bond acceptors (Lipinski definition) is 7. The van der Waals surface area contributed by atoms with Crippen LogP contribution in [0.3, 0.4) is 0 Å². The van der Waals surface area contributed by atoms with E-state index in [1.165, 1.54) is 32.1 Å². The number of aliphatic hydroxyl groups is 1. The average Bonchev–Trinajstić information content (AvgIpc) is 3.00. The van der Waals surface area contributed by atoms with Gasteiger partial charge in [0.05, 0.1) is 32.3 Å². The number of amides is 2. The summed E-state index contributed by atoms with van der Waals surface area (Å²) in [5.41, 5.74) is 1.43. The minimum absolute atomic E-state index is 0.0368. The van der Waals surface area contributed by atoms with Gasteiger partial charge in [-0.2, -0.15) is 0 Å². The number of morpholine rings is 1. The minimum atomic E-state index is -0.278. The van der Waals surface area contributed by atoms with Gasteiger partial charge in [0.15, 0.2) is 0 Å². The second-order valence-corrected chi connectivity index (χ2v) is 12.2. The van der Waals surface area contributed by atoms with Crippen molar-refractivity contribution in [1.29, 1.82) is 0 Å². The van der Waals surface area contributed by atoms with Crippen LogP contribution in [0.25, 0.3) is 0 Å². The highest BCUT2D eigenvalue weighted by atomic mass is 16.5. The van der Waals surface area contributed by atoms with E-state index < -0.39 is 0 Å². The van der Waals surface area contributed by atoms with Crippen molar-refractivity contribution in [2.45, 2.75) is 70.9 Å². The van der Waals surface area contributed by atoms with Crippen LogP contribution in [0.1, 0.15) is 57.9 Å². The summed E-state index contributed by atoms with van der Waals surface area (Å²) in [5, 5.41) is 12.9. The average molecular weight is 559 g/mol. The minimum Gasteiger partial charge on any atom is -0.488 e. The monoisotopic (exact) mass is 558 g/mol. The molecular weight excluding hydrogens is 508 g/mol. The third-order valence-electron chi connectivity index (χ3n) is 8.75. The van der Waals surface area contributed by atoms with Crippen molar-refractivity contribution in [3.63, 3.8) is 0 Å². The van der Waals surface area contributed by atoms with Gasteiger partial charge >= 0.3 is 0 Å². The highest BCUT2D eigenvalue weighted by Gasteiger charge is 2.31. The fourth-order valence-corrected chi connectivity index (χ4v) is 6.23. The molecule has 224 valence electrons. The number of nitrogens with zero attached hydrogens (tertiary/aromatic N) is 3. The molecule has 1 aromatic rings. The number of carbonyl (C=O) groups is 2. The zero-order valence-corrected chi connectivity index (χ0v) is 24.8. The molecule has 1 aliphatic carbocycles. The lowest BCUT2D eigenvalue weighted by Crippen LogP contribution is -2.48. The standard InChI is InChI=1S/C31H50N4O5/c1-23-19-35(24(2)22-36)31(38)18-26-17-27(32-30(37)11-12-34-13-15-39-16-14-34)9-10-28(26)40-29(23)21-33(3)20-25-7-5-4-6-8-25/h9-10,17,23-25,29,36H,4-8,11-16,18-22H2,1-3H3,(H,32,37)/t23-,24+,29-/m1/s1. The summed E-state index contributed by atoms with van der Waals surface area (Å²) in [4.78, 5) is 32.6. The lowest BCUT2D eigenvalue weighted by Gasteiger charge is -2.35. The largest absolute Gasteiger partial charge is 0.488 e. The van der Waals surface area contributed by atoms with E-state index in [9.17, 15) is 14.7 Å². The molecule has 3 aliphatic rings. The molecule has 0 aromatic heterocycles. The van der Waals surface area contributed by atoms with E-state index in [1.54, 1.807) is 4.90 Å². The topological polar surface area (TPSA) is 94.6 Å². The Morgan fingerprint density at radius 2 is 1.93 bits per heavy atom. The van der Waals surface area contributed by atoms with Gasteiger partial charge in [0.25, 0.3) is 0 Å². The summed E-state index contributed by atoms with van der Waals surface area (Å²) in [7, 11) is 2.17. The smallest absolute Gasteiger partial charge is 0.227 e. The van der Waals surface area contributed by atoms with E-state index in [0.717, 1.165) is 37.7 Å². The summed E-state index contributed by atoms with van der Waals surface area (Å²) in [6.45, 7) is 10.1. The first-order valence-electron chi connectivity index (χ1n) is 15.3. The number of nitrogens with one attached hydrogen (secondary N) is 1. The Labute approximate surface area is 240 Å². The number of benzene rings is 1. The molecule has 1 saturated heterocycles. The Hall–Kier alpha value is -2.20. The van der Waals surface area contributed by atoms with Gasteiger partial charge in [-0.05, 0) is 50.9 Å². The molecule has 4 rings (SSSR count). The summed E-state index contributed by atoms with van der Waals surface area (Å²) in [6, 6.07) is 5.36. The maximum atomic E-state index is 13.5. The van der Waals surface area contributed by atoms with Crippen molar-refractivity contribution < 1.29 is 24.2 Å². The number of anilines is 1. The molecule has 9 heteroatoms. The van der Waals surface area contributed by atoms with Crippen LogP contribution in [-0.4, -0.2) is 110 Å². The molecule has 0 spiro atoms. The van der Waals surface area contributed by atoms with Gasteiger partial charge in [0, 0.05) is 62.9 Å². The summed E-state index contributed by atoms with van der Waals surface area (Å²) >= 11 is 0. The molecule has 40 heavy (non-hydrogen) atoms. The lowest BCUT2D eigenvalue weighted by molar-refractivity contribution is -0.134. The number of rotatable bonds is 10. The van der Waals surface area contributed by atoms with Crippen molar-refractivity contribution in [2.24, 2.45) is 11.8 Å². The Balaban J connectivity index is 1.47. The van der Waals surface area contributed by atoms with Crippen LogP contribution in [0.2, 0.25) is 0 Å². The molecule has 0 bridgehead atoms. The summed E-state index contributed by atoms with van der Waals surface area (Å²) in [6.07, 6.45) is 7.05. The van der Waals surface area contributed by atoms with Gasteiger partial charge in [-0.25, -0.2) is 0 Å². The van der Waals surface area contributed by atoms with Crippen molar-refractivity contribution in [3.8, 4) is 5.75 Å². The number of likely N-dealkylation sites (N-methyl/N-ethyl adjacent to an activating group) is 1. The molecule has 2 fully saturated rings. The van der Waals surface area contributed by atoms with E-state index >= 15 is 0 Å². The first kappa shape index (κ1) is 30.8. The zero-order chi connectivity index (χ0) is 28.5. The van der Waals surface area contributed by atoms with Crippen LogP contribution in [0.4, 0.5) is 5.69 Å². The Morgan fingerprint density at radius 1 is 1.18 bits per heavy atom. The molecule has 1 saturated carbocycles. The van der Waals surface area contributed by atoms with E-state index in [0.29, 0.717) is 44.2 Å². The third kappa shape index (κ3) is 8.90. The number of ether oxygens (including phenoxy) is 2. The third-order valence-corrected chi connectivity index (χ3v) is 8.75.